The molecule has 0 saturated heterocycles. The van der Waals surface area contributed by atoms with E-state index < -0.39 is 0 Å². The van der Waals surface area contributed by atoms with Crippen molar-refractivity contribution < 1.29 is 0 Å². The third-order valence-electron chi connectivity index (χ3n) is 3.50. The van der Waals surface area contributed by atoms with E-state index in [4.69, 9.17) is 0 Å². The molecule has 2 aromatic heterocycles. The number of nitrogens with zero attached hydrogens (tertiary/aromatic N) is 3. The molecule has 2 heterocycles. The molecule has 0 fully saturated rings. The van der Waals surface area contributed by atoms with Crippen LogP contribution in [0.5, 0.6) is 0 Å². The summed E-state index contributed by atoms with van der Waals surface area (Å²) in [5.74, 6) is 0. The number of pyridine rings is 1. The van der Waals surface area contributed by atoms with Crippen molar-refractivity contribution in [1.82, 2.24) is 14.8 Å². The van der Waals surface area contributed by atoms with Crippen molar-refractivity contribution in [1.29, 1.82) is 0 Å². The molecule has 0 aliphatic carbocycles. The number of hydrogen-bond donors (Lipinski definition) is 1. The summed E-state index contributed by atoms with van der Waals surface area (Å²) in [4.78, 5) is 4.34. The highest BCUT2D eigenvalue weighted by Crippen LogP contribution is 2.23. The van der Waals surface area contributed by atoms with Crippen LogP contribution in [0.1, 0.15) is 24.2 Å². The molecule has 1 unspecified atom stereocenters. The average Bonchev–Trinajstić information content (AvgIpc) is 2.78. The maximum atomic E-state index is 4.39. The molecule has 102 valence electrons. The fourth-order valence-electron chi connectivity index (χ4n) is 2.54. The van der Waals surface area contributed by atoms with Gasteiger partial charge in [0.2, 0.25) is 0 Å². The summed E-state index contributed by atoms with van der Waals surface area (Å²) in [6.45, 7) is 4.19. The zero-order valence-electron chi connectivity index (χ0n) is 12.0. The molecule has 0 amide bonds. The van der Waals surface area contributed by atoms with E-state index >= 15 is 0 Å². The van der Waals surface area contributed by atoms with Crippen molar-refractivity contribution in [2.45, 2.75) is 19.9 Å². The van der Waals surface area contributed by atoms with Gasteiger partial charge >= 0.3 is 0 Å². The lowest BCUT2D eigenvalue weighted by atomic mass is 10.1. The highest BCUT2D eigenvalue weighted by molar-refractivity contribution is 5.82. The van der Waals surface area contributed by atoms with Crippen LogP contribution in [0, 0.1) is 6.92 Å². The fraction of sp³-hybridized carbons (Fsp3) is 0.250. The summed E-state index contributed by atoms with van der Waals surface area (Å²) >= 11 is 0. The van der Waals surface area contributed by atoms with Gasteiger partial charge in [-0.15, -0.1) is 0 Å². The molecule has 0 saturated carbocycles. The first-order valence-corrected chi connectivity index (χ1v) is 6.75. The van der Waals surface area contributed by atoms with E-state index in [1.54, 1.807) is 0 Å². The smallest absolute Gasteiger partial charge is 0.0703 e. The Kier molecular flexibility index (Phi) is 3.14. The molecule has 3 aromatic rings. The van der Waals surface area contributed by atoms with Crippen LogP contribution in [0.15, 0.2) is 42.7 Å². The van der Waals surface area contributed by atoms with E-state index in [1.165, 1.54) is 5.56 Å². The standard InChI is InChI=1S/C16H18N4/c1-11(15-10-20(3)19-12(15)2)18-14-6-7-16-13(9-14)5-4-8-17-16/h4-11,18H,1-3H3. The number of hydrogen-bond acceptors (Lipinski definition) is 3. The lowest BCUT2D eigenvalue weighted by molar-refractivity contribution is 0.756. The Labute approximate surface area is 118 Å². The second-order valence-corrected chi connectivity index (χ2v) is 5.12. The number of rotatable bonds is 3. The molecule has 0 aliphatic rings. The summed E-state index contributed by atoms with van der Waals surface area (Å²) in [5.41, 5.74) is 4.40. The molecule has 0 bridgehead atoms. The Morgan fingerprint density at radius 2 is 2.10 bits per heavy atom. The molecule has 4 heteroatoms. The van der Waals surface area contributed by atoms with Crippen LogP contribution >= 0.6 is 0 Å². The van der Waals surface area contributed by atoms with Gasteiger partial charge in [0.15, 0.2) is 0 Å². The number of aryl methyl sites for hydroxylation is 2. The number of fused-ring (bicyclic) bond motifs is 1. The van der Waals surface area contributed by atoms with Gasteiger partial charge in [0.1, 0.15) is 0 Å². The Morgan fingerprint density at radius 3 is 2.85 bits per heavy atom. The Morgan fingerprint density at radius 1 is 1.25 bits per heavy atom. The van der Waals surface area contributed by atoms with Gasteiger partial charge in [0.05, 0.1) is 17.3 Å². The summed E-state index contributed by atoms with van der Waals surface area (Å²) in [7, 11) is 1.95. The predicted molar refractivity (Wildman–Crippen MR) is 81.7 cm³/mol. The Hall–Kier alpha value is -2.36. The van der Waals surface area contributed by atoms with Crippen molar-refractivity contribution in [3.63, 3.8) is 0 Å². The van der Waals surface area contributed by atoms with Crippen molar-refractivity contribution in [2.24, 2.45) is 7.05 Å². The SMILES string of the molecule is Cc1nn(C)cc1C(C)Nc1ccc2ncccc2c1. The van der Waals surface area contributed by atoms with Crippen LogP contribution < -0.4 is 5.32 Å². The van der Waals surface area contributed by atoms with Crippen LogP contribution in [0.3, 0.4) is 0 Å². The maximum absolute atomic E-state index is 4.39. The summed E-state index contributed by atoms with van der Waals surface area (Å²) in [6, 6.07) is 10.5. The summed E-state index contributed by atoms with van der Waals surface area (Å²) in [6.07, 6.45) is 3.88. The molecule has 0 radical (unpaired) electrons. The second-order valence-electron chi connectivity index (χ2n) is 5.12. The van der Waals surface area contributed by atoms with Gasteiger partial charge in [-0.1, -0.05) is 6.07 Å². The van der Waals surface area contributed by atoms with Crippen LogP contribution in [0.25, 0.3) is 10.9 Å². The lowest BCUT2D eigenvalue weighted by Gasteiger charge is -2.15. The fourth-order valence-corrected chi connectivity index (χ4v) is 2.54. The van der Waals surface area contributed by atoms with E-state index in [-0.39, 0.29) is 6.04 Å². The quantitative estimate of drug-likeness (QED) is 0.789. The van der Waals surface area contributed by atoms with Gasteiger partial charge < -0.3 is 5.32 Å². The van der Waals surface area contributed by atoms with E-state index in [9.17, 15) is 0 Å². The van der Waals surface area contributed by atoms with Crippen LogP contribution in [-0.4, -0.2) is 14.8 Å². The minimum Gasteiger partial charge on any atom is -0.378 e. The van der Waals surface area contributed by atoms with Crippen LogP contribution in [0.4, 0.5) is 5.69 Å². The van der Waals surface area contributed by atoms with E-state index in [0.717, 1.165) is 22.3 Å². The van der Waals surface area contributed by atoms with Gasteiger partial charge in [-0.05, 0) is 38.1 Å². The first kappa shape index (κ1) is 12.7. The second kappa shape index (κ2) is 4.96. The first-order valence-electron chi connectivity index (χ1n) is 6.75. The van der Waals surface area contributed by atoms with Crippen molar-refractivity contribution in [3.8, 4) is 0 Å². The topological polar surface area (TPSA) is 42.7 Å². The highest BCUT2D eigenvalue weighted by Gasteiger charge is 2.11. The van der Waals surface area contributed by atoms with Crippen molar-refractivity contribution >= 4 is 16.6 Å². The Bertz CT molecular complexity index is 745. The molecule has 3 rings (SSSR count). The first-order chi connectivity index (χ1) is 9.63. The molecule has 1 aromatic carbocycles. The zero-order chi connectivity index (χ0) is 14.1. The molecule has 0 aliphatic heterocycles. The van der Waals surface area contributed by atoms with E-state index in [0.29, 0.717) is 0 Å². The summed E-state index contributed by atoms with van der Waals surface area (Å²) < 4.78 is 1.85. The molecule has 4 nitrogen and oxygen atoms in total. The summed E-state index contributed by atoms with van der Waals surface area (Å²) in [5, 5.41) is 9.06. The molecular weight excluding hydrogens is 248 g/mol. The molecule has 20 heavy (non-hydrogen) atoms. The molecule has 1 N–H and O–H groups in total. The molecular formula is C16H18N4. The Balaban J connectivity index is 1.87. The number of aromatic nitrogens is 3. The van der Waals surface area contributed by atoms with Gasteiger partial charge in [-0.3, -0.25) is 9.67 Å². The highest BCUT2D eigenvalue weighted by atomic mass is 15.3. The van der Waals surface area contributed by atoms with E-state index in [2.05, 4.69) is 46.7 Å². The third kappa shape index (κ3) is 2.37. The third-order valence-corrected chi connectivity index (χ3v) is 3.50. The van der Waals surface area contributed by atoms with Gasteiger partial charge in [0.25, 0.3) is 0 Å². The van der Waals surface area contributed by atoms with Gasteiger partial charge in [-0.25, -0.2) is 0 Å². The zero-order valence-corrected chi connectivity index (χ0v) is 12.0. The van der Waals surface area contributed by atoms with Crippen LogP contribution in [0.2, 0.25) is 0 Å². The largest absolute Gasteiger partial charge is 0.378 e. The predicted octanol–water partition coefficient (Wildman–Crippen LogP) is 3.45. The minimum atomic E-state index is 0.220. The lowest BCUT2D eigenvalue weighted by Crippen LogP contribution is -2.07. The number of benzene rings is 1. The molecule has 1 atom stereocenters. The van der Waals surface area contributed by atoms with Gasteiger partial charge in [0, 0.05) is 36.1 Å². The normalized spacial score (nSPS) is 12.6. The monoisotopic (exact) mass is 266 g/mol. The number of nitrogens with one attached hydrogen (secondary N) is 1. The van der Waals surface area contributed by atoms with Gasteiger partial charge in [-0.2, -0.15) is 5.10 Å². The molecule has 0 spiro atoms. The minimum absolute atomic E-state index is 0.220. The maximum Gasteiger partial charge on any atom is 0.0703 e. The van der Waals surface area contributed by atoms with E-state index in [1.807, 2.05) is 37.0 Å². The average molecular weight is 266 g/mol. The van der Waals surface area contributed by atoms with Crippen molar-refractivity contribution in [2.75, 3.05) is 5.32 Å². The van der Waals surface area contributed by atoms with Crippen molar-refractivity contribution in [3.05, 3.63) is 54.0 Å². The van der Waals surface area contributed by atoms with Crippen LogP contribution in [-0.2, 0) is 7.05 Å². The number of anilines is 1.